The number of nitrogen functional groups attached to an aromatic ring is 1. The first-order valence-corrected chi connectivity index (χ1v) is 5.95. The minimum atomic E-state index is -4.10. The highest BCUT2D eigenvalue weighted by molar-refractivity contribution is 5.28. The molecule has 0 saturated carbocycles. The fraction of sp³-hybridized carbons (Fsp3) is 0.583. The zero-order valence-corrected chi connectivity index (χ0v) is 9.95. The van der Waals surface area contributed by atoms with E-state index in [-0.39, 0.29) is 13.0 Å². The van der Waals surface area contributed by atoms with E-state index in [2.05, 4.69) is 4.98 Å². The van der Waals surface area contributed by atoms with Crippen LogP contribution in [-0.4, -0.2) is 29.1 Å². The average Bonchev–Trinajstić information content (AvgIpc) is 2.28. The third kappa shape index (κ3) is 3.35. The lowest BCUT2D eigenvalue weighted by Gasteiger charge is -2.33. The molecule has 0 amide bonds. The zero-order valence-electron chi connectivity index (χ0n) is 9.95. The number of anilines is 1. The van der Waals surface area contributed by atoms with Gasteiger partial charge >= 0.3 is 6.18 Å². The molecule has 2 rings (SSSR count). The topological polar surface area (TPSA) is 42.1 Å². The number of nitrogens with zero attached hydrogens (tertiary/aromatic N) is 2. The molecular weight excluding hydrogens is 243 g/mol. The number of halogens is 3. The average molecular weight is 259 g/mol. The molecule has 0 spiro atoms. The fourth-order valence-electron chi connectivity index (χ4n) is 2.28. The summed E-state index contributed by atoms with van der Waals surface area (Å²) in [6.07, 6.45) is -3.29. The van der Waals surface area contributed by atoms with Crippen LogP contribution in [0.5, 0.6) is 0 Å². The number of pyridine rings is 1. The van der Waals surface area contributed by atoms with Crippen LogP contribution in [0.4, 0.5) is 19.0 Å². The molecule has 0 bridgehead atoms. The monoisotopic (exact) mass is 259 g/mol. The third-order valence-electron chi connectivity index (χ3n) is 3.18. The summed E-state index contributed by atoms with van der Waals surface area (Å²) in [5.41, 5.74) is 6.27. The van der Waals surface area contributed by atoms with Crippen LogP contribution in [0.1, 0.15) is 18.5 Å². The largest absolute Gasteiger partial charge is 0.393 e. The summed E-state index contributed by atoms with van der Waals surface area (Å²) < 4.78 is 38.0. The number of aromatic nitrogens is 1. The molecule has 1 aromatic rings. The van der Waals surface area contributed by atoms with E-state index in [0.717, 1.165) is 5.69 Å². The van der Waals surface area contributed by atoms with Crippen LogP contribution in [0.25, 0.3) is 0 Å². The summed E-state index contributed by atoms with van der Waals surface area (Å²) in [7, 11) is 0. The first-order chi connectivity index (χ1) is 8.45. The number of nitrogens with two attached hydrogens (primary N) is 1. The molecule has 1 fully saturated rings. The number of likely N-dealkylation sites (tertiary alicyclic amines) is 1. The molecule has 3 nitrogen and oxygen atoms in total. The van der Waals surface area contributed by atoms with Gasteiger partial charge in [0.1, 0.15) is 5.82 Å². The van der Waals surface area contributed by atoms with Crippen LogP contribution in [-0.2, 0) is 6.54 Å². The standard InChI is InChI=1S/C12H16F3N3/c13-12(14,15)9-3-2-6-18(7-9)8-10-4-1-5-11(16)17-10/h1,4-5,9H,2-3,6-8H2,(H2,16,17). The molecule has 100 valence electrons. The molecule has 0 aliphatic carbocycles. The maximum absolute atomic E-state index is 12.7. The lowest BCUT2D eigenvalue weighted by Crippen LogP contribution is -2.41. The van der Waals surface area contributed by atoms with E-state index in [4.69, 9.17) is 5.73 Å². The van der Waals surface area contributed by atoms with E-state index in [0.29, 0.717) is 25.3 Å². The minimum absolute atomic E-state index is 0.0555. The number of hydrogen-bond acceptors (Lipinski definition) is 3. The molecule has 1 aromatic heterocycles. The summed E-state index contributed by atoms with van der Waals surface area (Å²) in [5, 5.41) is 0. The van der Waals surface area contributed by atoms with Gasteiger partial charge in [0.05, 0.1) is 11.6 Å². The van der Waals surface area contributed by atoms with E-state index in [1.807, 2.05) is 0 Å². The third-order valence-corrected chi connectivity index (χ3v) is 3.18. The minimum Gasteiger partial charge on any atom is -0.384 e. The maximum atomic E-state index is 12.7. The second kappa shape index (κ2) is 5.14. The summed E-state index contributed by atoms with van der Waals surface area (Å²) in [6.45, 7) is 1.17. The van der Waals surface area contributed by atoms with Crippen LogP contribution in [0.3, 0.4) is 0 Å². The normalized spacial score (nSPS) is 22.1. The van der Waals surface area contributed by atoms with Crippen molar-refractivity contribution in [2.75, 3.05) is 18.8 Å². The Bertz CT molecular complexity index is 406. The molecule has 18 heavy (non-hydrogen) atoms. The highest BCUT2D eigenvalue weighted by Gasteiger charge is 2.41. The Morgan fingerprint density at radius 3 is 2.83 bits per heavy atom. The first-order valence-electron chi connectivity index (χ1n) is 5.95. The Labute approximate surface area is 104 Å². The molecule has 2 N–H and O–H groups in total. The molecule has 0 radical (unpaired) electrons. The molecule has 1 aliphatic heterocycles. The highest BCUT2D eigenvalue weighted by Crippen LogP contribution is 2.33. The summed E-state index contributed by atoms with van der Waals surface area (Å²) >= 11 is 0. The lowest BCUT2D eigenvalue weighted by atomic mass is 9.97. The molecule has 1 saturated heterocycles. The molecule has 1 atom stereocenters. The molecular formula is C12H16F3N3. The first kappa shape index (κ1) is 13.1. The summed E-state index contributed by atoms with van der Waals surface area (Å²) in [4.78, 5) is 5.90. The van der Waals surface area contributed by atoms with Crippen molar-refractivity contribution in [1.82, 2.24) is 9.88 Å². The fourth-order valence-corrected chi connectivity index (χ4v) is 2.28. The predicted molar refractivity (Wildman–Crippen MR) is 62.7 cm³/mol. The Balaban J connectivity index is 1.98. The van der Waals surface area contributed by atoms with Gasteiger partial charge < -0.3 is 5.73 Å². The maximum Gasteiger partial charge on any atom is 0.393 e. The Morgan fingerprint density at radius 2 is 2.17 bits per heavy atom. The summed E-state index contributed by atoms with van der Waals surface area (Å²) in [6, 6.07) is 5.22. The molecule has 0 aromatic carbocycles. The van der Waals surface area contributed by atoms with Crippen LogP contribution in [0.15, 0.2) is 18.2 Å². The van der Waals surface area contributed by atoms with Crippen molar-refractivity contribution in [3.05, 3.63) is 23.9 Å². The van der Waals surface area contributed by atoms with Gasteiger partial charge in [-0.15, -0.1) is 0 Å². The molecule has 1 aliphatic rings. The van der Waals surface area contributed by atoms with Crippen LogP contribution in [0.2, 0.25) is 0 Å². The van der Waals surface area contributed by atoms with Crippen LogP contribution in [0, 0.1) is 5.92 Å². The second-order valence-corrected chi connectivity index (χ2v) is 4.67. The number of rotatable bonds is 2. The van der Waals surface area contributed by atoms with E-state index < -0.39 is 12.1 Å². The van der Waals surface area contributed by atoms with E-state index in [1.165, 1.54) is 0 Å². The SMILES string of the molecule is Nc1cccc(CN2CCCC(C(F)(F)F)C2)n1. The van der Waals surface area contributed by atoms with Crippen molar-refractivity contribution in [3.8, 4) is 0 Å². The van der Waals surface area contributed by atoms with Gasteiger partial charge in [0.2, 0.25) is 0 Å². The van der Waals surface area contributed by atoms with Gasteiger partial charge in [-0.1, -0.05) is 6.07 Å². The van der Waals surface area contributed by atoms with E-state index in [1.54, 1.807) is 23.1 Å². The number of piperidine rings is 1. The van der Waals surface area contributed by atoms with Crippen molar-refractivity contribution < 1.29 is 13.2 Å². The van der Waals surface area contributed by atoms with E-state index >= 15 is 0 Å². The van der Waals surface area contributed by atoms with Crippen molar-refractivity contribution in [3.63, 3.8) is 0 Å². The van der Waals surface area contributed by atoms with Gasteiger partial charge in [-0.05, 0) is 31.5 Å². The predicted octanol–water partition coefficient (Wildman–Crippen LogP) is 2.44. The summed E-state index contributed by atoms with van der Waals surface area (Å²) in [5.74, 6) is -0.816. The van der Waals surface area contributed by atoms with Crippen molar-refractivity contribution in [1.29, 1.82) is 0 Å². The van der Waals surface area contributed by atoms with Crippen LogP contribution >= 0.6 is 0 Å². The van der Waals surface area contributed by atoms with Gasteiger partial charge in [-0.3, -0.25) is 4.90 Å². The smallest absolute Gasteiger partial charge is 0.384 e. The highest BCUT2D eigenvalue weighted by atomic mass is 19.4. The van der Waals surface area contributed by atoms with Gasteiger partial charge in [0.25, 0.3) is 0 Å². The Hall–Kier alpha value is -1.30. The van der Waals surface area contributed by atoms with Crippen molar-refractivity contribution in [2.24, 2.45) is 5.92 Å². The Morgan fingerprint density at radius 1 is 1.39 bits per heavy atom. The lowest BCUT2D eigenvalue weighted by molar-refractivity contribution is -0.187. The molecule has 2 heterocycles. The Kier molecular flexibility index (Phi) is 3.75. The quantitative estimate of drug-likeness (QED) is 0.887. The second-order valence-electron chi connectivity index (χ2n) is 4.67. The van der Waals surface area contributed by atoms with E-state index in [9.17, 15) is 13.2 Å². The van der Waals surface area contributed by atoms with Gasteiger partial charge in [-0.25, -0.2) is 4.98 Å². The van der Waals surface area contributed by atoms with Crippen molar-refractivity contribution in [2.45, 2.75) is 25.6 Å². The van der Waals surface area contributed by atoms with Gasteiger partial charge in [0, 0.05) is 13.1 Å². The van der Waals surface area contributed by atoms with Gasteiger partial charge in [0.15, 0.2) is 0 Å². The zero-order chi connectivity index (χ0) is 13.2. The number of hydrogen-bond donors (Lipinski definition) is 1. The molecule has 6 heteroatoms. The van der Waals surface area contributed by atoms with Crippen molar-refractivity contribution >= 4 is 5.82 Å². The number of alkyl halides is 3. The molecule has 1 unspecified atom stereocenters. The van der Waals surface area contributed by atoms with Crippen LogP contribution < -0.4 is 5.73 Å². The van der Waals surface area contributed by atoms with Gasteiger partial charge in [-0.2, -0.15) is 13.2 Å².